The molecule has 2 amide bonds. The number of carbonyl (C=O) groups excluding carboxylic acids is 2. The fourth-order valence-corrected chi connectivity index (χ4v) is 4.47. The zero-order valence-corrected chi connectivity index (χ0v) is 22.3. The molecule has 4 rings (SSSR count). The van der Waals surface area contributed by atoms with Gasteiger partial charge in [0, 0.05) is 24.2 Å². The number of carbonyl (C=O) groups is 2. The highest BCUT2D eigenvalue weighted by molar-refractivity contribution is 5.85. The van der Waals surface area contributed by atoms with Gasteiger partial charge in [-0.25, -0.2) is 9.59 Å². The Balaban J connectivity index is 0.000000260. The minimum absolute atomic E-state index is 0. The van der Waals surface area contributed by atoms with Crippen LogP contribution in [-0.4, -0.2) is 65.8 Å². The number of benzene rings is 2. The van der Waals surface area contributed by atoms with Crippen molar-refractivity contribution in [2.45, 2.75) is 75.3 Å². The van der Waals surface area contributed by atoms with E-state index in [4.69, 9.17) is 15.2 Å². The molecule has 0 heterocycles. The van der Waals surface area contributed by atoms with Crippen LogP contribution < -0.4 is 21.7 Å². The molecule has 2 fully saturated rings. The van der Waals surface area contributed by atoms with Crippen LogP contribution in [0.15, 0.2) is 60.7 Å². The predicted molar refractivity (Wildman–Crippen MR) is 146 cm³/mol. The van der Waals surface area contributed by atoms with Gasteiger partial charge in [0.05, 0.1) is 12.2 Å². The first kappa shape index (κ1) is 31.3. The molecule has 0 spiro atoms. The largest absolute Gasteiger partial charge is 0.445 e. The summed E-state index contributed by atoms with van der Waals surface area (Å²) in [6.07, 6.45) is 0.504. The van der Waals surface area contributed by atoms with Gasteiger partial charge >= 0.3 is 12.2 Å². The van der Waals surface area contributed by atoms with Crippen molar-refractivity contribution >= 4 is 24.6 Å². The smallest absolute Gasteiger partial charge is 0.407 e. The molecule has 210 valence electrons. The van der Waals surface area contributed by atoms with Crippen LogP contribution in [0.1, 0.15) is 36.8 Å². The average Bonchev–Trinajstić information content (AvgIpc) is 3.42. The van der Waals surface area contributed by atoms with Crippen molar-refractivity contribution in [1.82, 2.24) is 16.0 Å². The van der Waals surface area contributed by atoms with E-state index >= 15 is 0 Å². The van der Waals surface area contributed by atoms with Crippen LogP contribution in [0.25, 0.3) is 0 Å². The van der Waals surface area contributed by atoms with Crippen LogP contribution in [-0.2, 0) is 22.7 Å². The van der Waals surface area contributed by atoms with Crippen LogP contribution in [0.4, 0.5) is 9.59 Å². The number of hydrogen-bond donors (Lipinski definition) is 6. The molecule has 0 aliphatic heterocycles. The molecule has 0 radical (unpaired) electrons. The quantitative estimate of drug-likeness (QED) is 0.306. The third-order valence-corrected chi connectivity index (χ3v) is 6.55. The Morgan fingerprint density at radius 2 is 1.24 bits per heavy atom. The molecule has 2 aromatic rings. The summed E-state index contributed by atoms with van der Waals surface area (Å²) in [5.74, 6) is 0. The van der Waals surface area contributed by atoms with E-state index in [1.807, 2.05) is 67.7 Å². The molecule has 0 unspecified atom stereocenters. The SMILES string of the molecule is CN[C@H]1C[C@@H](NC(=O)OCc2ccccc2)C[C@H]1O.Cl.N[C@H]1C[C@@H](NC(=O)OCc2ccccc2)C[C@H]1O. The number of aliphatic hydroxyl groups is 2. The summed E-state index contributed by atoms with van der Waals surface area (Å²) in [7, 11) is 1.81. The van der Waals surface area contributed by atoms with E-state index in [-0.39, 0.29) is 49.8 Å². The standard InChI is InChI=1S/C14H20N2O3.C13H18N2O3.ClH/c1-15-12-7-11(8-13(12)17)16-14(18)19-9-10-5-3-2-4-6-10;14-11-6-10(7-12(11)16)15-13(17)18-8-9-4-2-1-3-5-9;/h2-6,11-13,15,17H,7-9H2,1H3,(H,16,18);1-5,10-12,16H,6-8,14H2,(H,15,17);1H/t11-,12+,13-;10-,11+,12-;/m11./s1. The fourth-order valence-electron chi connectivity index (χ4n) is 4.47. The Labute approximate surface area is 229 Å². The number of alkyl carbamates (subject to hydrolysis) is 2. The molecular weight excluding hydrogens is 512 g/mol. The lowest BCUT2D eigenvalue weighted by molar-refractivity contribution is 0.132. The van der Waals surface area contributed by atoms with Crippen molar-refractivity contribution in [2.24, 2.45) is 5.73 Å². The first-order valence-electron chi connectivity index (χ1n) is 12.6. The Morgan fingerprint density at radius 1 is 0.789 bits per heavy atom. The van der Waals surface area contributed by atoms with Crippen molar-refractivity contribution in [2.75, 3.05) is 7.05 Å². The molecule has 7 N–H and O–H groups in total. The minimum atomic E-state index is -0.538. The molecule has 0 aromatic heterocycles. The van der Waals surface area contributed by atoms with Crippen molar-refractivity contribution < 1.29 is 29.3 Å². The molecule has 2 aromatic carbocycles. The Hall–Kier alpha value is -2.89. The van der Waals surface area contributed by atoms with E-state index in [1.165, 1.54) is 0 Å². The van der Waals surface area contributed by atoms with Gasteiger partial charge in [0.2, 0.25) is 0 Å². The summed E-state index contributed by atoms with van der Waals surface area (Å²) in [4.78, 5) is 23.2. The monoisotopic (exact) mass is 550 g/mol. The third kappa shape index (κ3) is 10.5. The summed E-state index contributed by atoms with van der Waals surface area (Å²) >= 11 is 0. The number of ether oxygens (including phenoxy) is 2. The van der Waals surface area contributed by atoms with E-state index in [0.717, 1.165) is 17.5 Å². The molecule has 2 aliphatic rings. The average molecular weight is 551 g/mol. The number of likely N-dealkylation sites (N-methyl/N-ethyl adjacent to an activating group) is 1. The van der Waals surface area contributed by atoms with Crippen molar-refractivity contribution in [3.63, 3.8) is 0 Å². The molecule has 2 aliphatic carbocycles. The lowest BCUT2D eigenvalue weighted by Gasteiger charge is -2.13. The summed E-state index contributed by atoms with van der Waals surface area (Å²) < 4.78 is 10.2. The van der Waals surface area contributed by atoms with E-state index in [0.29, 0.717) is 19.3 Å². The summed E-state index contributed by atoms with van der Waals surface area (Å²) in [5, 5.41) is 27.7. The molecule has 0 bridgehead atoms. The number of nitrogens with one attached hydrogen (secondary N) is 3. The highest BCUT2D eigenvalue weighted by Crippen LogP contribution is 2.20. The Bertz CT molecular complexity index is 961. The van der Waals surface area contributed by atoms with Gasteiger partial charge in [0.25, 0.3) is 0 Å². The summed E-state index contributed by atoms with van der Waals surface area (Å²) in [6, 6.07) is 18.7. The van der Waals surface area contributed by atoms with E-state index in [9.17, 15) is 19.8 Å². The summed E-state index contributed by atoms with van der Waals surface area (Å²) in [6.45, 7) is 0.505. The van der Waals surface area contributed by atoms with Gasteiger partial charge in [-0.2, -0.15) is 0 Å². The van der Waals surface area contributed by atoms with Crippen molar-refractivity contribution in [3.05, 3.63) is 71.8 Å². The number of hydrogen-bond acceptors (Lipinski definition) is 8. The first-order valence-corrected chi connectivity index (χ1v) is 12.6. The number of aliphatic hydroxyl groups excluding tert-OH is 2. The fraction of sp³-hybridized carbons (Fsp3) is 0.481. The molecule has 0 saturated heterocycles. The normalized spacial score (nSPS) is 25.8. The molecule has 10 nitrogen and oxygen atoms in total. The van der Waals surface area contributed by atoms with Gasteiger partial charge in [0.15, 0.2) is 0 Å². The highest BCUT2D eigenvalue weighted by atomic mass is 35.5. The lowest BCUT2D eigenvalue weighted by atomic mass is 10.2. The van der Waals surface area contributed by atoms with Gasteiger partial charge in [0.1, 0.15) is 13.2 Å². The van der Waals surface area contributed by atoms with Crippen molar-refractivity contribution in [1.29, 1.82) is 0 Å². The third-order valence-electron chi connectivity index (χ3n) is 6.55. The molecule has 6 atom stereocenters. The van der Waals surface area contributed by atoms with Crippen LogP contribution >= 0.6 is 12.4 Å². The van der Waals surface area contributed by atoms with Crippen LogP contribution in [0.2, 0.25) is 0 Å². The second-order valence-corrected chi connectivity index (χ2v) is 9.44. The van der Waals surface area contributed by atoms with Crippen LogP contribution in [0.3, 0.4) is 0 Å². The number of rotatable bonds is 7. The van der Waals surface area contributed by atoms with Gasteiger partial charge in [-0.1, -0.05) is 60.7 Å². The maximum atomic E-state index is 11.6. The molecule has 38 heavy (non-hydrogen) atoms. The highest BCUT2D eigenvalue weighted by Gasteiger charge is 2.33. The molecule has 11 heteroatoms. The zero-order valence-electron chi connectivity index (χ0n) is 21.5. The predicted octanol–water partition coefficient (Wildman–Crippen LogP) is 2.21. The maximum Gasteiger partial charge on any atom is 0.407 e. The Morgan fingerprint density at radius 3 is 1.63 bits per heavy atom. The first-order chi connectivity index (χ1) is 17.8. The van der Waals surface area contributed by atoms with Gasteiger partial charge in [-0.05, 0) is 43.9 Å². The van der Waals surface area contributed by atoms with Gasteiger partial charge in [-0.15, -0.1) is 12.4 Å². The second-order valence-electron chi connectivity index (χ2n) is 9.44. The van der Waals surface area contributed by atoms with E-state index < -0.39 is 24.4 Å². The molecule has 2 saturated carbocycles. The summed E-state index contributed by atoms with van der Waals surface area (Å²) in [5.41, 5.74) is 7.56. The van der Waals surface area contributed by atoms with Crippen LogP contribution in [0.5, 0.6) is 0 Å². The van der Waals surface area contributed by atoms with Gasteiger partial charge in [-0.3, -0.25) is 0 Å². The number of amides is 2. The lowest BCUT2D eigenvalue weighted by Crippen LogP contribution is -2.35. The topological polar surface area (TPSA) is 155 Å². The van der Waals surface area contributed by atoms with E-state index in [1.54, 1.807) is 0 Å². The Kier molecular flexibility index (Phi) is 13.3. The zero-order chi connectivity index (χ0) is 26.6. The number of halogens is 1. The minimum Gasteiger partial charge on any atom is -0.445 e. The van der Waals surface area contributed by atoms with E-state index in [2.05, 4.69) is 16.0 Å². The van der Waals surface area contributed by atoms with Crippen LogP contribution in [0, 0.1) is 0 Å². The van der Waals surface area contributed by atoms with Crippen molar-refractivity contribution in [3.8, 4) is 0 Å². The van der Waals surface area contributed by atoms with Gasteiger partial charge < -0.3 is 41.4 Å². The molecular formula is C27H39ClN4O6. The number of nitrogens with two attached hydrogens (primary N) is 1. The second kappa shape index (κ2) is 16.2. The maximum absolute atomic E-state index is 11.6.